The quantitative estimate of drug-likeness (QED) is 0.759. The second-order valence-corrected chi connectivity index (χ2v) is 3.71. The van der Waals surface area contributed by atoms with E-state index in [9.17, 15) is 9.50 Å². The molecule has 2 nitrogen and oxygen atoms in total. The number of aliphatic hydroxyl groups excluding tert-OH is 1. The number of benzene rings is 1. The Labute approximate surface area is 83.6 Å². The lowest BCUT2D eigenvalue weighted by atomic mass is 9.94. The second-order valence-electron chi connectivity index (χ2n) is 3.71. The normalized spacial score (nSPS) is 15.3. The van der Waals surface area contributed by atoms with Crippen LogP contribution in [0.25, 0.3) is 0 Å². The number of hydrogen-bond acceptors (Lipinski definition) is 2. The van der Waals surface area contributed by atoms with Gasteiger partial charge in [0.2, 0.25) is 0 Å². The van der Waals surface area contributed by atoms with Gasteiger partial charge in [0.05, 0.1) is 6.10 Å². The van der Waals surface area contributed by atoms with Gasteiger partial charge in [-0.05, 0) is 43.5 Å². The zero-order valence-electron chi connectivity index (χ0n) is 8.71. The summed E-state index contributed by atoms with van der Waals surface area (Å²) < 4.78 is 13.2. The monoisotopic (exact) mass is 197 g/mol. The molecule has 0 aliphatic carbocycles. The molecule has 0 aromatic heterocycles. The number of nitrogens with two attached hydrogens (primary N) is 1. The highest BCUT2D eigenvalue weighted by molar-refractivity contribution is 5.37. The Kier molecular flexibility index (Phi) is 3.24. The molecule has 1 aromatic carbocycles. The maximum Gasteiger partial charge on any atom is 0.126 e. The Morgan fingerprint density at radius 1 is 1.36 bits per heavy atom. The molecule has 0 saturated carbocycles. The molecule has 78 valence electrons. The summed E-state index contributed by atoms with van der Waals surface area (Å²) in [5.74, 6) is -0.301. The van der Waals surface area contributed by atoms with Crippen molar-refractivity contribution in [3.63, 3.8) is 0 Å². The Balaban J connectivity index is 3.25. The van der Waals surface area contributed by atoms with Crippen LogP contribution in [-0.2, 0) is 0 Å². The van der Waals surface area contributed by atoms with Crippen molar-refractivity contribution in [1.82, 2.24) is 0 Å². The number of halogens is 1. The molecule has 0 saturated heterocycles. The highest BCUT2D eigenvalue weighted by atomic mass is 19.1. The lowest BCUT2D eigenvalue weighted by Gasteiger charge is -2.19. The summed E-state index contributed by atoms with van der Waals surface area (Å²) in [4.78, 5) is 0. The average Bonchev–Trinajstić information content (AvgIpc) is 2.12. The van der Waals surface area contributed by atoms with Gasteiger partial charge in [0.15, 0.2) is 0 Å². The van der Waals surface area contributed by atoms with Gasteiger partial charge in [-0.25, -0.2) is 4.39 Å². The third-order valence-corrected chi connectivity index (χ3v) is 2.46. The Bertz CT molecular complexity index is 336. The van der Waals surface area contributed by atoms with E-state index in [1.807, 2.05) is 6.92 Å². The van der Waals surface area contributed by atoms with Crippen LogP contribution in [-0.4, -0.2) is 11.1 Å². The fourth-order valence-corrected chi connectivity index (χ4v) is 1.56. The molecule has 0 radical (unpaired) electrons. The zero-order valence-corrected chi connectivity index (χ0v) is 8.71. The van der Waals surface area contributed by atoms with Crippen molar-refractivity contribution in [2.24, 2.45) is 5.73 Å². The van der Waals surface area contributed by atoms with Gasteiger partial charge < -0.3 is 10.8 Å². The van der Waals surface area contributed by atoms with E-state index in [2.05, 4.69) is 0 Å². The van der Waals surface area contributed by atoms with Gasteiger partial charge in [-0.3, -0.25) is 0 Å². The van der Waals surface area contributed by atoms with Crippen molar-refractivity contribution in [3.8, 4) is 0 Å². The number of aryl methyl sites for hydroxylation is 1. The molecule has 0 fully saturated rings. The van der Waals surface area contributed by atoms with Gasteiger partial charge in [-0.2, -0.15) is 0 Å². The summed E-state index contributed by atoms with van der Waals surface area (Å²) in [7, 11) is 0. The molecule has 0 aliphatic heterocycles. The van der Waals surface area contributed by atoms with Crippen LogP contribution in [0.4, 0.5) is 4.39 Å². The summed E-state index contributed by atoms with van der Waals surface area (Å²) in [5.41, 5.74) is 7.54. The predicted molar refractivity (Wildman–Crippen MR) is 54.5 cm³/mol. The first-order valence-electron chi connectivity index (χ1n) is 4.64. The molecule has 0 amide bonds. The minimum atomic E-state index is -0.800. The summed E-state index contributed by atoms with van der Waals surface area (Å²) in [6.07, 6.45) is -0.800. The fraction of sp³-hybridized carbons (Fsp3) is 0.455. The van der Waals surface area contributed by atoms with Crippen molar-refractivity contribution < 1.29 is 9.50 Å². The molecule has 0 aliphatic rings. The molecule has 3 heteroatoms. The minimum Gasteiger partial charge on any atom is -0.387 e. The van der Waals surface area contributed by atoms with E-state index in [-0.39, 0.29) is 5.82 Å². The third kappa shape index (κ3) is 1.94. The first kappa shape index (κ1) is 11.1. The molecule has 2 atom stereocenters. The molecule has 3 N–H and O–H groups in total. The van der Waals surface area contributed by atoms with Gasteiger partial charge in [0.25, 0.3) is 0 Å². The number of hydrogen-bond donors (Lipinski definition) is 2. The fourth-order valence-electron chi connectivity index (χ4n) is 1.56. The SMILES string of the molecule is Cc1ccc(F)c(C)c1[C@H](O)[C@@H](C)N. The molecule has 14 heavy (non-hydrogen) atoms. The lowest BCUT2D eigenvalue weighted by molar-refractivity contribution is 0.151. The van der Waals surface area contributed by atoms with E-state index in [4.69, 9.17) is 5.73 Å². The van der Waals surface area contributed by atoms with Crippen LogP contribution >= 0.6 is 0 Å². The Morgan fingerprint density at radius 2 is 1.93 bits per heavy atom. The van der Waals surface area contributed by atoms with Crippen molar-refractivity contribution in [2.45, 2.75) is 32.9 Å². The Hall–Kier alpha value is -0.930. The van der Waals surface area contributed by atoms with Crippen molar-refractivity contribution in [2.75, 3.05) is 0 Å². The predicted octanol–water partition coefficient (Wildman–Crippen LogP) is 1.82. The van der Waals surface area contributed by atoms with E-state index >= 15 is 0 Å². The molecule has 0 unspecified atom stereocenters. The van der Waals surface area contributed by atoms with Crippen LogP contribution in [0.1, 0.15) is 29.7 Å². The molecule has 1 rings (SSSR count). The van der Waals surface area contributed by atoms with Gasteiger partial charge in [-0.15, -0.1) is 0 Å². The summed E-state index contributed by atoms with van der Waals surface area (Å²) in [5, 5.41) is 9.79. The van der Waals surface area contributed by atoms with Crippen LogP contribution in [0.3, 0.4) is 0 Å². The van der Waals surface area contributed by atoms with E-state index in [0.29, 0.717) is 11.1 Å². The molecule has 1 aromatic rings. The molecule has 0 bridgehead atoms. The van der Waals surface area contributed by atoms with Gasteiger partial charge in [0.1, 0.15) is 5.82 Å². The smallest absolute Gasteiger partial charge is 0.126 e. The number of rotatable bonds is 2. The molecular weight excluding hydrogens is 181 g/mol. The van der Waals surface area contributed by atoms with E-state index in [1.165, 1.54) is 6.07 Å². The third-order valence-electron chi connectivity index (χ3n) is 2.46. The topological polar surface area (TPSA) is 46.2 Å². The minimum absolute atomic E-state index is 0.301. The van der Waals surface area contributed by atoms with Crippen molar-refractivity contribution in [1.29, 1.82) is 0 Å². The van der Waals surface area contributed by atoms with Gasteiger partial charge >= 0.3 is 0 Å². The number of aliphatic hydroxyl groups is 1. The standard InChI is InChI=1S/C11H16FNO/c1-6-4-5-9(12)7(2)10(6)11(14)8(3)13/h4-5,8,11,14H,13H2,1-3H3/t8-,11-/m1/s1. The van der Waals surface area contributed by atoms with Crippen molar-refractivity contribution in [3.05, 3.63) is 34.6 Å². The molecule has 0 spiro atoms. The summed E-state index contributed by atoms with van der Waals surface area (Å²) >= 11 is 0. The van der Waals surface area contributed by atoms with Gasteiger partial charge in [-0.1, -0.05) is 6.07 Å². The Morgan fingerprint density at radius 3 is 2.43 bits per heavy atom. The van der Waals surface area contributed by atoms with E-state index in [1.54, 1.807) is 19.9 Å². The molecular formula is C11H16FNO. The van der Waals surface area contributed by atoms with Crippen LogP contribution < -0.4 is 5.73 Å². The van der Waals surface area contributed by atoms with Crippen molar-refractivity contribution >= 4 is 0 Å². The van der Waals surface area contributed by atoms with E-state index in [0.717, 1.165) is 5.56 Å². The maximum atomic E-state index is 13.2. The zero-order chi connectivity index (χ0) is 10.9. The first-order chi connectivity index (χ1) is 6.45. The lowest BCUT2D eigenvalue weighted by Crippen LogP contribution is -2.25. The van der Waals surface area contributed by atoms with E-state index < -0.39 is 12.1 Å². The van der Waals surface area contributed by atoms with Crippen LogP contribution in [0.15, 0.2) is 12.1 Å². The van der Waals surface area contributed by atoms with Crippen LogP contribution in [0.2, 0.25) is 0 Å². The van der Waals surface area contributed by atoms with Crippen LogP contribution in [0, 0.1) is 19.7 Å². The second kappa shape index (κ2) is 4.07. The summed E-state index contributed by atoms with van der Waals surface area (Å²) in [6, 6.07) is 2.67. The largest absolute Gasteiger partial charge is 0.387 e. The average molecular weight is 197 g/mol. The highest BCUT2D eigenvalue weighted by Crippen LogP contribution is 2.25. The molecule has 0 heterocycles. The van der Waals surface area contributed by atoms with Gasteiger partial charge in [0, 0.05) is 6.04 Å². The maximum absolute atomic E-state index is 13.2. The first-order valence-corrected chi connectivity index (χ1v) is 4.64. The summed E-state index contributed by atoms with van der Waals surface area (Å²) in [6.45, 7) is 5.20. The van der Waals surface area contributed by atoms with Crippen LogP contribution in [0.5, 0.6) is 0 Å². The highest BCUT2D eigenvalue weighted by Gasteiger charge is 2.18.